The molecule has 3 aromatic rings. The average molecular weight is 912 g/mol. The number of piperazine rings is 1. The molecule has 9 rings (SSSR count). The first-order chi connectivity index (χ1) is 31.7. The number of likely N-dealkylation sites (tertiary alicyclic amines) is 1. The largest absolute Gasteiger partial charge is 0.495 e. The number of fused-ring (bicyclic) bond motifs is 2. The smallest absolute Gasteiger partial charge is 0.342 e. The zero-order valence-electron chi connectivity index (χ0n) is 36.7. The van der Waals surface area contributed by atoms with E-state index in [1.54, 1.807) is 36.4 Å². The Morgan fingerprint density at radius 3 is 2.38 bits per heavy atom. The van der Waals surface area contributed by atoms with Gasteiger partial charge in [-0.05, 0) is 68.9 Å². The van der Waals surface area contributed by atoms with Crippen LogP contribution in [0.15, 0.2) is 42.6 Å². The highest BCUT2D eigenvalue weighted by Crippen LogP contribution is 2.41. The number of amides is 7. The van der Waals surface area contributed by atoms with Crippen molar-refractivity contribution in [2.45, 2.75) is 75.4 Å². The molecule has 1 atom stereocenters. The summed E-state index contributed by atoms with van der Waals surface area (Å²) < 4.78 is 35.5. The van der Waals surface area contributed by atoms with Crippen molar-refractivity contribution in [3.05, 3.63) is 59.3 Å². The lowest BCUT2D eigenvalue weighted by atomic mass is 9.91. The van der Waals surface area contributed by atoms with Crippen LogP contribution in [0, 0.1) is 0 Å². The van der Waals surface area contributed by atoms with Crippen molar-refractivity contribution in [2.24, 2.45) is 0 Å². The molecule has 4 fully saturated rings. The maximum atomic E-state index is 14.9. The van der Waals surface area contributed by atoms with Gasteiger partial charge in [0.2, 0.25) is 23.7 Å². The Hall–Kier alpha value is -6.77. The van der Waals surface area contributed by atoms with Gasteiger partial charge in [-0.1, -0.05) is 6.07 Å². The van der Waals surface area contributed by atoms with Crippen LogP contribution in [0.1, 0.15) is 82.4 Å². The first kappa shape index (κ1) is 44.4. The predicted molar refractivity (Wildman–Crippen MR) is 235 cm³/mol. The van der Waals surface area contributed by atoms with Gasteiger partial charge in [-0.2, -0.15) is 13.8 Å². The molecular formula is C45H51F2N11O8. The Morgan fingerprint density at radius 1 is 0.924 bits per heavy atom. The van der Waals surface area contributed by atoms with Crippen molar-refractivity contribution in [1.82, 2.24) is 35.3 Å². The van der Waals surface area contributed by atoms with Gasteiger partial charge in [0.1, 0.15) is 17.5 Å². The van der Waals surface area contributed by atoms with Crippen LogP contribution in [0.5, 0.6) is 5.75 Å². The molecule has 5 aliphatic heterocycles. The quantitative estimate of drug-likeness (QED) is 0.236. The monoisotopic (exact) mass is 911 g/mol. The van der Waals surface area contributed by atoms with Gasteiger partial charge in [-0.3, -0.25) is 48.7 Å². The summed E-state index contributed by atoms with van der Waals surface area (Å²) in [5.41, 5.74) is 2.10. The minimum absolute atomic E-state index is 0.0289. The summed E-state index contributed by atoms with van der Waals surface area (Å²) in [6, 6.07) is 8.60. The van der Waals surface area contributed by atoms with Gasteiger partial charge in [-0.25, -0.2) is 4.98 Å². The summed E-state index contributed by atoms with van der Waals surface area (Å²) in [7, 11) is 2.75. The molecule has 3 saturated heterocycles. The van der Waals surface area contributed by atoms with Crippen LogP contribution in [0.2, 0.25) is 0 Å². The van der Waals surface area contributed by atoms with Gasteiger partial charge in [0.25, 0.3) is 23.6 Å². The second kappa shape index (κ2) is 17.9. The second-order valence-corrected chi connectivity index (χ2v) is 17.6. The zero-order chi connectivity index (χ0) is 46.4. The maximum absolute atomic E-state index is 14.9. The summed E-state index contributed by atoms with van der Waals surface area (Å²) in [6.45, 7) is 3.17. The first-order valence-corrected chi connectivity index (χ1v) is 22.4. The molecule has 66 heavy (non-hydrogen) atoms. The number of anilines is 5. The molecule has 6 heterocycles. The summed E-state index contributed by atoms with van der Waals surface area (Å²) in [5.74, 6) is -6.68. The number of aromatic nitrogens is 2. The number of ether oxygens (including phenoxy) is 1. The molecule has 1 aliphatic carbocycles. The lowest BCUT2D eigenvalue weighted by Crippen LogP contribution is -2.54. The Bertz CT molecular complexity index is 2490. The molecule has 21 heteroatoms. The molecule has 19 nitrogen and oxygen atoms in total. The number of rotatable bonds is 11. The summed E-state index contributed by atoms with van der Waals surface area (Å²) in [5, 5.41) is 8.39. The Labute approximate surface area is 378 Å². The fourth-order valence-corrected chi connectivity index (χ4v) is 9.57. The highest BCUT2D eigenvalue weighted by molar-refractivity contribution is 6.25. The van der Waals surface area contributed by atoms with E-state index in [-0.39, 0.29) is 65.3 Å². The predicted octanol–water partition coefficient (Wildman–Crippen LogP) is 2.53. The van der Waals surface area contributed by atoms with Crippen molar-refractivity contribution in [1.29, 1.82) is 0 Å². The van der Waals surface area contributed by atoms with Gasteiger partial charge in [0.15, 0.2) is 5.82 Å². The fourth-order valence-electron chi connectivity index (χ4n) is 9.57. The molecule has 2 aromatic carbocycles. The van der Waals surface area contributed by atoms with Crippen molar-refractivity contribution < 1.29 is 47.1 Å². The van der Waals surface area contributed by atoms with E-state index in [9.17, 15) is 42.3 Å². The lowest BCUT2D eigenvalue weighted by molar-refractivity contribution is -0.140. The summed E-state index contributed by atoms with van der Waals surface area (Å²) in [4.78, 5) is 109. The third-order valence-electron chi connectivity index (χ3n) is 13.6. The summed E-state index contributed by atoms with van der Waals surface area (Å²) >= 11 is 0. The third kappa shape index (κ3) is 8.46. The van der Waals surface area contributed by atoms with Crippen LogP contribution < -0.4 is 35.4 Å². The van der Waals surface area contributed by atoms with Gasteiger partial charge in [-0.15, -0.1) is 0 Å². The molecule has 1 aromatic heterocycles. The number of carbonyl (C=O) groups excluding carboxylic acids is 7. The molecule has 0 bridgehead atoms. The molecule has 1 saturated carbocycles. The SMILES string of the molecule is COc1cc(C(=O)NC2CCN(C(=O)CCN3CCN(c4cccc5c4C(=O)N(C4CCC(=O)NC4=O)C5=O)CC3)CC2)ccc1Nc1ncc2c(n1)N(C1CCC1)CC(F)(F)C(=O)N2C. The Balaban J connectivity index is 0.742. The van der Waals surface area contributed by atoms with Crippen LogP contribution in [0.4, 0.5) is 37.6 Å². The number of carbonyl (C=O) groups is 7. The lowest BCUT2D eigenvalue weighted by Gasteiger charge is -2.38. The Kier molecular flexibility index (Phi) is 12.0. The topological polar surface area (TPSA) is 210 Å². The van der Waals surface area contributed by atoms with Crippen molar-refractivity contribution >= 4 is 70.2 Å². The van der Waals surface area contributed by atoms with Gasteiger partial charge < -0.3 is 35.0 Å². The highest BCUT2D eigenvalue weighted by atomic mass is 19.3. The number of methoxy groups -OCH3 is 1. The van der Waals surface area contributed by atoms with E-state index >= 15 is 0 Å². The fraction of sp³-hybridized carbons (Fsp3) is 0.489. The van der Waals surface area contributed by atoms with Crippen molar-refractivity contribution in [3.8, 4) is 5.75 Å². The normalized spacial score (nSPS) is 21.5. The maximum Gasteiger partial charge on any atom is 0.342 e. The number of imide groups is 2. The molecule has 1 unspecified atom stereocenters. The van der Waals surface area contributed by atoms with Crippen LogP contribution in [0.3, 0.4) is 0 Å². The average Bonchev–Trinajstić information content (AvgIpc) is 3.52. The van der Waals surface area contributed by atoms with Crippen LogP contribution >= 0.6 is 0 Å². The zero-order valence-corrected chi connectivity index (χ0v) is 36.7. The van der Waals surface area contributed by atoms with Gasteiger partial charge in [0.05, 0.1) is 42.4 Å². The van der Waals surface area contributed by atoms with Gasteiger partial charge >= 0.3 is 5.92 Å². The molecule has 6 aliphatic rings. The van der Waals surface area contributed by atoms with Crippen LogP contribution in [0.25, 0.3) is 0 Å². The number of nitrogens with one attached hydrogen (secondary N) is 3. The van der Waals surface area contributed by atoms with Crippen molar-refractivity contribution in [2.75, 3.05) is 86.5 Å². The molecule has 3 N–H and O–H groups in total. The van der Waals surface area contributed by atoms with Crippen molar-refractivity contribution in [3.63, 3.8) is 0 Å². The standard InChI is InChI=1S/C45H51F2N11O8/c1-53-33-24-48-44(52-38(33)57(28-5-3-6-28)25-45(46,47)43(53)65)50-30-10-9-26(23-34(30)66-2)39(61)49-27-13-17-56(18-14-27)36(60)15-16-54-19-21-55(22-20-54)31-8-4-7-29-37(31)42(64)58(41(29)63)32-11-12-35(59)51-40(32)62/h4,7-10,23-24,27-28,32H,3,5-6,11-22,25H2,1-2H3,(H,49,61)(H,48,50,52)(H,51,59,62). The molecule has 7 amide bonds. The number of hydrogen-bond acceptors (Lipinski definition) is 14. The number of benzene rings is 2. The number of hydrogen-bond donors (Lipinski definition) is 3. The van der Waals surface area contributed by atoms with Crippen LogP contribution in [-0.4, -0.2) is 157 Å². The minimum atomic E-state index is -3.59. The van der Waals surface area contributed by atoms with E-state index in [2.05, 4.69) is 30.8 Å². The number of halogens is 2. The third-order valence-corrected chi connectivity index (χ3v) is 13.6. The molecule has 0 spiro atoms. The highest BCUT2D eigenvalue weighted by Gasteiger charge is 2.50. The van der Waals surface area contributed by atoms with E-state index in [1.807, 2.05) is 9.80 Å². The van der Waals surface area contributed by atoms with E-state index in [0.29, 0.717) is 101 Å². The summed E-state index contributed by atoms with van der Waals surface area (Å²) in [6.07, 6.45) is 5.29. The molecule has 0 radical (unpaired) electrons. The van der Waals surface area contributed by atoms with Gasteiger partial charge in [0, 0.05) is 83.3 Å². The first-order valence-electron chi connectivity index (χ1n) is 22.4. The second-order valence-electron chi connectivity index (χ2n) is 17.6. The minimum Gasteiger partial charge on any atom is -0.495 e. The van der Waals surface area contributed by atoms with Crippen LogP contribution in [-0.2, 0) is 19.2 Å². The number of piperidine rings is 2. The Morgan fingerprint density at radius 2 is 1.68 bits per heavy atom. The van der Waals surface area contributed by atoms with E-state index < -0.39 is 48.0 Å². The van der Waals surface area contributed by atoms with E-state index in [0.717, 1.165) is 16.2 Å². The molecule has 348 valence electrons. The van der Waals surface area contributed by atoms with E-state index in [1.165, 1.54) is 25.3 Å². The van der Waals surface area contributed by atoms with E-state index in [4.69, 9.17) is 4.74 Å². The molecular weight excluding hydrogens is 861 g/mol. The number of nitrogens with zero attached hydrogens (tertiary/aromatic N) is 8. The number of alkyl halides is 2.